The molecule has 1 aliphatic carbocycles. The van der Waals surface area contributed by atoms with Crippen LogP contribution in [0.2, 0.25) is 0 Å². The maximum atomic E-state index is 12.8. The Morgan fingerprint density at radius 1 is 1.08 bits per heavy atom. The highest BCUT2D eigenvalue weighted by Gasteiger charge is 2.25. The summed E-state index contributed by atoms with van der Waals surface area (Å²) in [5.74, 6) is -0.0508. The second-order valence-corrected chi connectivity index (χ2v) is 8.65. The number of sulfonamides is 1. The van der Waals surface area contributed by atoms with E-state index in [2.05, 4.69) is 4.72 Å². The Hall–Kier alpha value is -1.40. The molecule has 1 aliphatic heterocycles. The topological polar surface area (TPSA) is 66.5 Å². The molecule has 2 fully saturated rings. The van der Waals surface area contributed by atoms with Gasteiger partial charge in [0.25, 0.3) is 5.91 Å². The second kappa shape index (κ2) is 7.23. The number of hydrogen-bond acceptors (Lipinski definition) is 3. The van der Waals surface area contributed by atoms with Crippen LogP contribution in [-0.2, 0) is 10.0 Å². The molecular formula is C18H26N2O3S. The molecule has 0 aromatic heterocycles. The monoisotopic (exact) mass is 350 g/mol. The lowest BCUT2D eigenvalue weighted by atomic mass is 10.1. The van der Waals surface area contributed by atoms with Gasteiger partial charge in [0.1, 0.15) is 0 Å². The number of benzene rings is 1. The highest BCUT2D eigenvalue weighted by atomic mass is 32.2. The fourth-order valence-electron chi connectivity index (χ4n) is 3.60. The maximum absolute atomic E-state index is 12.8. The van der Waals surface area contributed by atoms with Crippen molar-refractivity contribution in [3.63, 3.8) is 0 Å². The third kappa shape index (κ3) is 3.81. The first-order valence-electron chi connectivity index (χ1n) is 8.89. The third-order valence-electron chi connectivity index (χ3n) is 5.07. The Labute approximate surface area is 144 Å². The first kappa shape index (κ1) is 17.4. The summed E-state index contributed by atoms with van der Waals surface area (Å²) in [6.45, 7) is 3.38. The van der Waals surface area contributed by atoms with E-state index < -0.39 is 10.0 Å². The van der Waals surface area contributed by atoms with Gasteiger partial charge in [0.2, 0.25) is 10.0 Å². The van der Waals surface area contributed by atoms with E-state index in [1.54, 1.807) is 18.2 Å². The Morgan fingerprint density at radius 2 is 1.75 bits per heavy atom. The van der Waals surface area contributed by atoms with E-state index in [9.17, 15) is 13.2 Å². The standard InChI is InChI=1S/C18H26N2O3S/c1-14-9-10-16(24(22,23)19-15-7-3-4-8-15)13-17(14)18(21)20-11-5-2-6-12-20/h9-10,13,15,19H,2-8,11-12H2,1H3. The minimum absolute atomic E-state index is 0.0255. The molecule has 6 heteroatoms. The number of nitrogens with one attached hydrogen (secondary N) is 1. The van der Waals surface area contributed by atoms with Crippen molar-refractivity contribution in [2.24, 2.45) is 0 Å². The van der Waals surface area contributed by atoms with Crippen LogP contribution < -0.4 is 4.72 Å². The summed E-state index contributed by atoms with van der Waals surface area (Å²) in [5.41, 5.74) is 1.33. The van der Waals surface area contributed by atoms with E-state index in [1.807, 2.05) is 11.8 Å². The van der Waals surface area contributed by atoms with Gasteiger partial charge >= 0.3 is 0 Å². The van der Waals surface area contributed by atoms with Gasteiger partial charge in [-0.1, -0.05) is 18.9 Å². The molecule has 1 aromatic rings. The van der Waals surface area contributed by atoms with Crippen LogP contribution in [0.3, 0.4) is 0 Å². The van der Waals surface area contributed by atoms with Crippen molar-refractivity contribution >= 4 is 15.9 Å². The third-order valence-corrected chi connectivity index (χ3v) is 6.59. The molecule has 1 saturated carbocycles. The summed E-state index contributed by atoms with van der Waals surface area (Å²) in [4.78, 5) is 14.8. The predicted molar refractivity (Wildman–Crippen MR) is 93.5 cm³/mol. The number of piperidine rings is 1. The number of amides is 1. The van der Waals surface area contributed by atoms with Crippen LogP contribution in [-0.4, -0.2) is 38.4 Å². The molecule has 3 rings (SSSR count). The van der Waals surface area contributed by atoms with Crippen molar-refractivity contribution < 1.29 is 13.2 Å². The minimum atomic E-state index is -3.57. The number of rotatable bonds is 4. The van der Waals surface area contributed by atoms with E-state index in [0.717, 1.165) is 63.6 Å². The van der Waals surface area contributed by atoms with Crippen LogP contribution in [0, 0.1) is 6.92 Å². The zero-order valence-corrected chi connectivity index (χ0v) is 15.1. The lowest BCUT2D eigenvalue weighted by Crippen LogP contribution is -2.36. The molecule has 1 heterocycles. The van der Waals surface area contributed by atoms with Gasteiger partial charge in [-0.25, -0.2) is 13.1 Å². The van der Waals surface area contributed by atoms with Crippen molar-refractivity contribution in [1.29, 1.82) is 0 Å². The number of nitrogens with zero attached hydrogens (tertiary/aromatic N) is 1. The van der Waals surface area contributed by atoms with Gasteiger partial charge in [-0.05, 0) is 56.7 Å². The zero-order chi connectivity index (χ0) is 17.2. The van der Waals surface area contributed by atoms with Gasteiger partial charge in [0.15, 0.2) is 0 Å². The first-order valence-corrected chi connectivity index (χ1v) is 10.4. The summed E-state index contributed by atoms with van der Waals surface area (Å²) < 4.78 is 28.0. The first-order chi connectivity index (χ1) is 11.5. The molecule has 0 bridgehead atoms. The number of aryl methyl sites for hydroxylation is 1. The minimum Gasteiger partial charge on any atom is -0.339 e. The Bertz CT molecular complexity index is 703. The van der Waals surface area contributed by atoms with Gasteiger partial charge < -0.3 is 4.90 Å². The van der Waals surface area contributed by atoms with Crippen molar-refractivity contribution in [3.8, 4) is 0 Å². The molecule has 132 valence electrons. The summed E-state index contributed by atoms with van der Waals surface area (Å²) in [5, 5.41) is 0. The maximum Gasteiger partial charge on any atom is 0.254 e. The molecule has 1 amide bonds. The summed E-state index contributed by atoms with van der Waals surface area (Å²) in [6, 6.07) is 4.90. The van der Waals surface area contributed by atoms with Crippen LogP contribution in [0.1, 0.15) is 60.9 Å². The molecule has 2 aliphatic rings. The molecular weight excluding hydrogens is 324 g/mol. The average Bonchev–Trinajstić information content (AvgIpc) is 3.07. The smallest absolute Gasteiger partial charge is 0.254 e. The van der Waals surface area contributed by atoms with Gasteiger partial charge in [0, 0.05) is 24.7 Å². The van der Waals surface area contributed by atoms with Crippen LogP contribution in [0.25, 0.3) is 0 Å². The number of carbonyl (C=O) groups is 1. The van der Waals surface area contributed by atoms with Crippen LogP contribution in [0.15, 0.2) is 23.1 Å². The molecule has 0 atom stereocenters. The summed E-state index contributed by atoms with van der Waals surface area (Å²) in [6.07, 6.45) is 7.12. The normalized spacial score (nSPS) is 19.6. The fraction of sp³-hybridized carbons (Fsp3) is 0.611. The van der Waals surface area contributed by atoms with Gasteiger partial charge in [-0.2, -0.15) is 0 Å². The number of carbonyl (C=O) groups excluding carboxylic acids is 1. The van der Waals surface area contributed by atoms with Crippen molar-refractivity contribution in [2.45, 2.75) is 62.8 Å². The molecule has 1 N–H and O–H groups in total. The van der Waals surface area contributed by atoms with Crippen LogP contribution >= 0.6 is 0 Å². The SMILES string of the molecule is Cc1ccc(S(=O)(=O)NC2CCCC2)cc1C(=O)N1CCCCC1. The Balaban J connectivity index is 1.83. The summed E-state index contributed by atoms with van der Waals surface area (Å²) in [7, 11) is -3.57. The van der Waals surface area contributed by atoms with Gasteiger partial charge in [-0.15, -0.1) is 0 Å². The van der Waals surface area contributed by atoms with Crippen LogP contribution in [0.5, 0.6) is 0 Å². The zero-order valence-electron chi connectivity index (χ0n) is 14.3. The molecule has 0 unspecified atom stereocenters. The number of hydrogen-bond donors (Lipinski definition) is 1. The highest BCUT2D eigenvalue weighted by molar-refractivity contribution is 7.89. The van der Waals surface area contributed by atoms with Crippen molar-refractivity contribution in [3.05, 3.63) is 29.3 Å². The largest absolute Gasteiger partial charge is 0.339 e. The van der Waals surface area contributed by atoms with E-state index in [1.165, 1.54) is 0 Å². The van der Waals surface area contributed by atoms with E-state index in [0.29, 0.717) is 5.56 Å². The molecule has 24 heavy (non-hydrogen) atoms. The quantitative estimate of drug-likeness (QED) is 0.908. The fourth-order valence-corrected chi connectivity index (χ4v) is 4.93. The summed E-state index contributed by atoms with van der Waals surface area (Å²) >= 11 is 0. The highest BCUT2D eigenvalue weighted by Crippen LogP contribution is 2.23. The molecule has 1 aromatic carbocycles. The Morgan fingerprint density at radius 3 is 2.42 bits per heavy atom. The average molecular weight is 350 g/mol. The van der Waals surface area contributed by atoms with E-state index in [-0.39, 0.29) is 16.8 Å². The lowest BCUT2D eigenvalue weighted by Gasteiger charge is -2.27. The van der Waals surface area contributed by atoms with E-state index in [4.69, 9.17) is 0 Å². The number of likely N-dealkylation sites (tertiary alicyclic amines) is 1. The molecule has 0 radical (unpaired) electrons. The van der Waals surface area contributed by atoms with Crippen LogP contribution in [0.4, 0.5) is 0 Å². The molecule has 0 spiro atoms. The molecule has 5 nitrogen and oxygen atoms in total. The molecule has 1 saturated heterocycles. The van der Waals surface area contributed by atoms with Crippen molar-refractivity contribution in [1.82, 2.24) is 9.62 Å². The Kier molecular flexibility index (Phi) is 5.25. The van der Waals surface area contributed by atoms with Crippen molar-refractivity contribution in [2.75, 3.05) is 13.1 Å². The van der Waals surface area contributed by atoms with Gasteiger partial charge in [-0.3, -0.25) is 4.79 Å². The van der Waals surface area contributed by atoms with Gasteiger partial charge in [0.05, 0.1) is 4.90 Å². The lowest BCUT2D eigenvalue weighted by molar-refractivity contribution is 0.0723. The van der Waals surface area contributed by atoms with E-state index >= 15 is 0 Å². The predicted octanol–water partition coefficient (Wildman–Crippen LogP) is 2.84. The second-order valence-electron chi connectivity index (χ2n) is 6.93.